The summed E-state index contributed by atoms with van der Waals surface area (Å²) in [5.74, 6) is -0.941. The number of piperidine rings is 1. The highest BCUT2D eigenvalue weighted by Gasteiger charge is 2.36. The Labute approximate surface area is 198 Å². The lowest BCUT2D eigenvalue weighted by Gasteiger charge is -2.33. The average Bonchev–Trinajstić information content (AvgIpc) is 3.21. The van der Waals surface area contributed by atoms with E-state index in [4.69, 9.17) is 0 Å². The van der Waals surface area contributed by atoms with Crippen LogP contribution in [0.15, 0.2) is 42.6 Å². The summed E-state index contributed by atoms with van der Waals surface area (Å²) in [5.41, 5.74) is 1.51. The monoisotopic (exact) mass is 479 g/mol. The van der Waals surface area contributed by atoms with Crippen molar-refractivity contribution in [2.75, 3.05) is 13.1 Å². The van der Waals surface area contributed by atoms with Crippen molar-refractivity contribution in [2.24, 2.45) is 7.05 Å². The van der Waals surface area contributed by atoms with Crippen LogP contribution in [0.25, 0.3) is 0 Å². The van der Waals surface area contributed by atoms with E-state index in [0.29, 0.717) is 31.5 Å². The fourth-order valence-electron chi connectivity index (χ4n) is 3.48. The van der Waals surface area contributed by atoms with E-state index < -0.39 is 22.0 Å². The molecule has 10 heteroatoms. The molecule has 1 aromatic heterocycles. The Morgan fingerprint density at radius 3 is 2.45 bits per heavy atom. The Morgan fingerprint density at radius 1 is 1.12 bits per heavy atom. The fourth-order valence-corrected chi connectivity index (χ4v) is 5.25. The van der Waals surface area contributed by atoms with Crippen LogP contribution >= 0.6 is 0 Å². The SMILES string of the molecule is CCC.Cn1nccc1CNC(=O)CNC(=O)[C@@H]1CCCCN1S(=O)(=O)Cc1ccccc1.[HH]. The second kappa shape index (κ2) is 13.1. The third kappa shape index (κ3) is 8.29. The summed E-state index contributed by atoms with van der Waals surface area (Å²) in [6, 6.07) is 9.90. The highest BCUT2D eigenvalue weighted by Crippen LogP contribution is 2.23. The van der Waals surface area contributed by atoms with Crippen molar-refractivity contribution in [3.8, 4) is 0 Å². The Balaban J connectivity index is 0.00000137. The van der Waals surface area contributed by atoms with Gasteiger partial charge in [-0.05, 0) is 24.5 Å². The van der Waals surface area contributed by atoms with Crippen molar-refractivity contribution in [1.82, 2.24) is 24.7 Å². The van der Waals surface area contributed by atoms with E-state index in [1.165, 1.54) is 10.7 Å². The maximum atomic E-state index is 12.9. The lowest BCUT2D eigenvalue weighted by Crippen LogP contribution is -2.53. The summed E-state index contributed by atoms with van der Waals surface area (Å²) in [7, 11) is -1.88. The van der Waals surface area contributed by atoms with Crippen LogP contribution in [-0.2, 0) is 39.0 Å². The molecule has 2 heterocycles. The zero-order valence-electron chi connectivity index (χ0n) is 19.7. The normalized spacial score (nSPS) is 16.4. The number of hydrogen-bond donors (Lipinski definition) is 2. The van der Waals surface area contributed by atoms with Gasteiger partial charge in [0.1, 0.15) is 6.04 Å². The molecule has 1 fully saturated rings. The average molecular weight is 480 g/mol. The molecule has 2 amide bonds. The molecule has 1 atom stereocenters. The van der Waals surface area contributed by atoms with Crippen LogP contribution in [0.4, 0.5) is 0 Å². The lowest BCUT2D eigenvalue weighted by molar-refractivity contribution is -0.129. The molecule has 1 aliphatic rings. The molecule has 1 saturated heterocycles. The Kier molecular flexibility index (Phi) is 10.5. The molecule has 0 unspecified atom stereocenters. The molecule has 3 rings (SSSR count). The number of hydrogen-bond acceptors (Lipinski definition) is 5. The summed E-state index contributed by atoms with van der Waals surface area (Å²) in [4.78, 5) is 24.8. The van der Waals surface area contributed by atoms with Crippen molar-refractivity contribution >= 4 is 21.8 Å². The first-order valence-electron chi connectivity index (χ1n) is 11.3. The third-order valence-corrected chi connectivity index (χ3v) is 6.97. The molecular formula is C23H37N5O4S. The number of nitrogens with one attached hydrogen (secondary N) is 2. The van der Waals surface area contributed by atoms with Crippen molar-refractivity contribution in [3.63, 3.8) is 0 Å². The van der Waals surface area contributed by atoms with E-state index in [1.54, 1.807) is 48.3 Å². The van der Waals surface area contributed by atoms with Crippen LogP contribution in [0.2, 0.25) is 0 Å². The topological polar surface area (TPSA) is 113 Å². The van der Waals surface area contributed by atoms with Crippen LogP contribution < -0.4 is 10.6 Å². The van der Waals surface area contributed by atoms with Gasteiger partial charge in [-0.3, -0.25) is 14.3 Å². The smallest absolute Gasteiger partial charge is 0.239 e. The van der Waals surface area contributed by atoms with Crippen molar-refractivity contribution < 1.29 is 19.4 Å². The maximum Gasteiger partial charge on any atom is 0.239 e. The van der Waals surface area contributed by atoms with E-state index in [1.807, 2.05) is 6.07 Å². The molecule has 2 aromatic rings. The zero-order chi connectivity index (χ0) is 24.3. The van der Waals surface area contributed by atoms with Gasteiger partial charge in [0.05, 0.1) is 24.5 Å². The first-order chi connectivity index (χ1) is 15.8. The van der Waals surface area contributed by atoms with E-state index in [0.717, 1.165) is 12.1 Å². The number of benzene rings is 1. The quantitative estimate of drug-likeness (QED) is 0.603. The molecule has 9 nitrogen and oxygen atoms in total. The molecule has 0 spiro atoms. The maximum absolute atomic E-state index is 12.9. The first-order valence-corrected chi connectivity index (χ1v) is 12.9. The molecular weight excluding hydrogens is 442 g/mol. The van der Waals surface area contributed by atoms with Crippen molar-refractivity contribution in [2.45, 2.75) is 57.9 Å². The molecule has 0 aliphatic carbocycles. The molecule has 1 aliphatic heterocycles. The second-order valence-electron chi connectivity index (χ2n) is 8.01. The van der Waals surface area contributed by atoms with Gasteiger partial charge in [-0.1, -0.05) is 57.0 Å². The second-order valence-corrected chi connectivity index (χ2v) is 9.93. The number of carbonyl (C=O) groups is 2. The van der Waals surface area contributed by atoms with Gasteiger partial charge in [-0.15, -0.1) is 0 Å². The molecule has 33 heavy (non-hydrogen) atoms. The number of amides is 2. The van der Waals surface area contributed by atoms with Crippen LogP contribution in [0.5, 0.6) is 0 Å². The highest BCUT2D eigenvalue weighted by molar-refractivity contribution is 7.88. The van der Waals surface area contributed by atoms with E-state index in [-0.39, 0.29) is 19.6 Å². The summed E-state index contributed by atoms with van der Waals surface area (Å²) in [6.07, 6.45) is 4.80. The summed E-state index contributed by atoms with van der Waals surface area (Å²) in [6.45, 7) is 4.64. The van der Waals surface area contributed by atoms with E-state index in [2.05, 4.69) is 29.6 Å². The number of carbonyl (C=O) groups excluding carboxylic acids is 2. The third-order valence-electron chi connectivity index (χ3n) is 5.12. The first kappa shape index (κ1) is 26.5. The van der Waals surface area contributed by atoms with Crippen molar-refractivity contribution in [3.05, 3.63) is 53.9 Å². The highest BCUT2D eigenvalue weighted by atomic mass is 32.2. The van der Waals surface area contributed by atoms with Gasteiger partial charge in [0.25, 0.3) is 0 Å². The molecule has 0 bridgehead atoms. The number of nitrogens with zero attached hydrogens (tertiary/aromatic N) is 3. The van der Waals surface area contributed by atoms with Crippen LogP contribution in [-0.4, -0.2) is 53.4 Å². The van der Waals surface area contributed by atoms with Gasteiger partial charge in [-0.25, -0.2) is 8.42 Å². The number of sulfonamides is 1. The molecule has 1 aromatic carbocycles. The van der Waals surface area contributed by atoms with Crippen LogP contribution in [0.1, 0.15) is 52.2 Å². The van der Waals surface area contributed by atoms with Gasteiger partial charge >= 0.3 is 0 Å². The number of aromatic nitrogens is 2. The Morgan fingerprint density at radius 2 is 1.82 bits per heavy atom. The van der Waals surface area contributed by atoms with Crippen LogP contribution in [0.3, 0.4) is 0 Å². The predicted octanol–water partition coefficient (Wildman–Crippen LogP) is 2.20. The summed E-state index contributed by atoms with van der Waals surface area (Å²) in [5, 5.41) is 9.32. The minimum absolute atomic E-state index is 0. The molecule has 184 valence electrons. The van der Waals surface area contributed by atoms with Crippen molar-refractivity contribution in [1.29, 1.82) is 0 Å². The van der Waals surface area contributed by atoms with Gasteiger partial charge in [0.2, 0.25) is 21.8 Å². The molecule has 0 radical (unpaired) electrons. The fraction of sp³-hybridized carbons (Fsp3) is 0.522. The zero-order valence-corrected chi connectivity index (χ0v) is 20.5. The van der Waals surface area contributed by atoms with Gasteiger partial charge in [0.15, 0.2) is 0 Å². The summed E-state index contributed by atoms with van der Waals surface area (Å²) >= 11 is 0. The predicted molar refractivity (Wildman–Crippen MR) is 130 cm³/mol. The Hall–Kier alpha value is -2.72. The minimum Gasteiger partial charge on any atom is -0.349 e. The summed E-state index contributed by atoms with van der Waals surface area (Å²) < 4.78 is 28.8. The van der Waals surface area contributed by atoms with Gasteiger partial charge < -0.3 is 10.6 Å². The van der Waals surface area contributed by atoms with Gasteiger partial charge in [0, 0.05) is 21.2 Å². The molecule has 2 N–H and O–H groups in total. The van der Waals surface area contributed by atoms with E-state index in [9.17, 15) is 18.0 Å². The largest absolute Gasteiger partial charge is 0.349 e. The standard InChI is InChI=1S/C20H27N5O4S.C3H8.H2/c1-24-17(10-11-23-24)13-21-19(26)14-22-20(27)18-9-5-6-12-25(18)30(28,29)15-16-7-3-2-4-8-16;1-3-2;/h2-4,7-8,10-11,18H,5-6,9,12-15H2,1H3,(H,21,26)(H,22,27);3H2,1-2H3;1H/t18-;;/m0../s1. The molecule has 0 saturated carbocycles. The van der Waals surface area contributed by atoms with Gasteiger partial charge in [-0.2, -0.15) is 9.40 Å². The Bertz CT molecular complexity index is 998. The number of rotatable bonds is 8. The number of aryl methyl sites for hydroxylation is 1. The van der Waals surface area contributed by atoms with E-state index >= 15 is 0 Å². The lowest BCUT2D eigenvalue weighted by atomic mass is 10.0. The van der Waals surface area contributed by atoms with Crippen LogP contribution in [0, 0.1) is 0 Å². The minimum atomic E-state index is -3.65.